The molecule has 1 heterocycles. The van der Waals surface area contributed by atoms with Crippen molar-refractivity contribution in [1.29, 1.82) is 0 Å². The van der Waals surface area contributed by atoms with Crippen LogP contribution in [0, 0.1) is 5.82 Å². The van der Waals surface area contributed by atoms with Crippen LogP contribution in [-0.4, -0.2) is 11.7 Å². The molecule has 1 aliphatic rings. The molecule has 0 saturated carbocycles. The molecule has 0 spiro atoms. The van der Waals surface area contributed by atoms with Crippen molar-refractivity contribution in [1.82, 2.24) is 0 Å². The van der Waals surface area contributed by atoms with Gasteiger partial charge in [-0.05, 0) is 23.3 Å². The van der Waals surface area contributed by atoms with E-state index in [1.165, 1.54) is 23.1 Å². The summed E-state index contributed by atoms with van der Waals surface area (Å²) in [5.41, 5.74) is 1.79. The SMILES string of the molecule is O=C1C(=O)N(C(c2ccccc2)c2ccccc2)c2c(F)cccc21. The highest BCUT2D eigenvalue weighted by Crippen LogP contribution is 2.40. The van der Waals surface area contributed by atoms with Gasteiger partial charge in [0.15, 0.2) is 0 Å². The first kappa shape index (κ1) is 15.3. The number of benzene rings is 3. The van der Waals surface area contributed by atoms with E-state index in [0.29, 0.717) is 0 Å². The van der Waals surface area contributed by atoms with E-state index in [2.05, 4.69) is 0 Å². The van der Waals surface area contributed by atoms with Crippen molar-refractivity contribution in [2.24, 2.45) is 0 Å². The smallest absolute Gasteiger partial charge is 0.290 e. The van der Waals surface area contributed by atoms with Crippen LogP contribution in [0.2, 0.25) is 0 Å². The number of fused-ring (bicyclic) bond motifs is 1. The zero-order valence-corrected chi connectivity index (χ0v) is 13.2. The van der Waals surface area contributed by atoms with Crippen LogP contribution in [0.15, 0.2) is 78.9 Å². The molecule has 122 valence electrons. The van der Waals surface area contributed by atoms with Gasteiger partial charge in [0.25, 0.3) is 11.7 Å². The zero-order chi connectivity index (χ0) is 17.4. The van der Waals surface area contributed by atoms with E-state index < -0.39 is 23.5 Å². The summed E-state index contributed by atoms with van der Waals surface area (Å²) in [6, 6.07) is 22.3. The van der Waals surface area contributed by atoms with Crippen LogP contribution in [0.25, 0.3) is 0 Å². The van der Waals surface area contributed by atoms with Gasteiger partial charge in [-0.2, -0.15) is 0 Å². The van der Waals surface area contributed by atoms with Crippen molar-refractivity contribution in [2.75, 3.05) is 4.90 Å². The molecule has 3 nitrogen and oxygen atoms in total. The van der Waals surface area contributed by atoms with Crippen LogP contribution in [0.5, 0.6) is 0 Å². The molecule has 0 aromatic heterocycles. The summed E-state index contributed by atoms with van der Waals surface area (Å²) in [6.45, 7) is 0. The van der Waals surface area contributed by atoms with Crippen LogP contribution in [-0.2, 0) is 4.79 Å². The van der Waals surface area contributed by atoms with Gasteiger partial charge in [0.2, 0.25) is 0 Å². The molecule has 4 rings (SSSR count). The van der Waals surface area contributed by atoms with E-state index >= 15 is 0 Å². The normalized spacial score (nSPS) is 13.4. The molecule has 0 unspecified atom stereocenters. The molecule has 0 fully saturated rings. The first-order valence-electron chi connectivity index (χ1n) is 7.95. The Bertz CT molecular complexity index is 915. The first-order chi connectivity index (χ1) is 12.2. The van der Waals surface area contributed by atoms with Crippen molar-refractivity contribution in [3.63, 3.8) is 0 Å². The maximum absolute atomic E-state index is 14.5. The third-order valence-electron chi connectivity index (χ3n) is 4.37. The van der Waals surface area contributed by atoms with E-state index in [9.17, 15) is 14.0 Å². The molecular weight excluding hydrogens is 317 g/mol. The molecule has 0 N–H and O–H groups in total. The number of hydrogen-bond acceptors (Lipinski definition) is 2. The Morgan fingerprint density at radius 2 is 1.28 bits per heavy atom. The number of hydrogen-bond donors (Lipinski definition) is 0. The molecule has 3 aromatic carbocycles. The van der Waals surface area contributed by atoms with Crippen molar-refractivity contribution in [3.8, 4) is 0 Å². The van der Waals surface area contributed by atoms with Crippen LogP contribution in [0.3, 0.4) is 0 Å². The number of carbonyl (C=O) groups excluding carboxylic acids is 2. The second kappa shape index (κ2) is 5.98. The molecule has 0 atom stereocenters. The summed E-state index contributed by atoms with van der Waals surface area (Å²) in [7, 11) is 0. The molecule has 0 aliphatic carbocycles. The highest BCUT2D eigenvalue weighted by atomic mass is 19.1. The average molecular weight is 331 g/mol. The third-order valence-corrected chi connectivity index (χ3v) is 4.37. The molecule has 1 aliphatic heterocycles. The van der Waals surface area contributed by atoms with Crippen LogP contribution >= 0.6 is 0 Å². The van der Waals surface area contributed by atoms with Crippen LogP contribution in [0.4, 0.5) is 10.1 Å². The molecule has 3 aromatic rings. The summed E-state index contributed by atoms with van der Waals surface area (Å²) in [6.07, 6.45) is 0. The number of nitrogens with zero attached hydrogens (tertiary/aromatic N) is 1. The van der Waals surface area contributed by atoms with E-state index in [-0.39, 0.29) is 11.3 Å². The fourth-order valence-corrected chi connectivity index (χ4v) is 3.28. The summed E-state index contributed by atoms with van der Waals surface area (Å²) in [5, 5.41) is 0. The van der Waals surface area contributed by atoms with Gasteiger partial charge in [-0.1, -0.05) is 66.7 Å². The zero-order valence-electron chi connectivity index (χ0n) is 13.2. The van der Waals surface area contributed by atoms with E-state index in [1.54, 1.807) is 0 Å². The van der Waals surface area contributed by atoms with Gasteiger partial charge < -0.3 is 0 Å². The second-order valence-electron chi connectivity index (χ2n) is 5.86. The number of halogens is 1. The highest BCUT2D eigenvalue weighted by Gasteiger charge is 2.42. The molecule has 25 heavy (non-hydrogen) atoms. The molecule has 4 heteroatoms. The Morgan fingerprint density at radius 1 is 0.720 bits per heavy atom. The van der Waals surface area contributed by atoms with Gasteiger partial charge in [-0.25, -0.2) is 4.39 Å². The molecule has 1 amide bonds. The Labute approximate surface area is 144 Å². The summed E-state index contributed by atoms with van der Waals surface area (Å²) >= 11 is 0. The van der Waals surface area contributed by atoms with Crippen LogP contribution < -0.4 is 4.90 Å². The maximum atomic E-state index is 14.5. The predicted molar refractivity (Wildman–Crippen MR) is 92.9 cm³/mol. The van der Waals surface area contributed by atoms with Gasteiger partial charge in [0, 0.05) is 0 Å². The van der Waals surface area contributed by atoms with Crippen molar-refractivity contribution in [3.05, 3.63) is 101 Å². The van der Waals surface area contributed by atoms with Crippen molar-refractivity contribution >= 4 is 17.4 Å². The van der Waals surface area contributed by atoms with E-state index in [1.807, 2.05) is 60.7 Å². The van der Waals surface area contributed by atoms with Crippen molar-refractivity contribution in [2.45, 2.75) is 6.04 Å². The summed E-state index contributed by atoms with van der Waals surface area (Å²) in [5.74, 6) is -1.96. The lowest BCUT2D eigenvalue weighted by Crippen LogP contribution is -2.35. The third kappa shape index (κ3) is 2.43. The number of ketones is 1. The first-order valence-corrected chi connectivity index (χ1v) is 7.95. The Morgan fingerprint density at radius 3 is 1.84 bits per heavy atom. The fraction of sp³-hybridized carbons (Fsp3) is 0.0476. The largest absolute Gasteiger partial charge is 0.300 e. The Balaban J connectivity index is 1.96. The minimum atomic E-state index is -0.710. The van der Waals surface area contributed by atoms with Gasteiger partial charge >= 0.3 is 0 Å². The monoisotopic (exact) mass is 331 g/mol. The Kier molecular flexibility index (Phi) is 3.65. The quantitative estimate of drug-likeness (QED) is 0.676. The van der Waals surface area contributed by atoms with E-state index in [0.717, 1.165) is 11.1 Å². The number of para-hydroxylation sites is 1. The number of anilines is 1. The number of Topliss-reactive ketones (excluding diaryl/α,β-unsaturated/α-hetero) is 1. The molecule has 0 saturated heterocycles. The number of amides is 1. The standard InChI is InChI=1S/C21H14FNO2/c22-17-13-7-12-16-19(17)23(21(25)20(16)24)18(14-8-3-1-4-9-14)15-10-5-2-6-11-15/h1-13,18H. The lowest BCUT2D eigenvalue weighted by atomic mass is 9.97. The highest BCUT2D eigenvalue weighted by molar-refractivity contribution is 6.52. The average Bonchev–Trinajstić information content (AvgIpc) is 2.90. The lowest BCUT2D eigenvalue weighted by molar-refractivity contribution is -0.114. The van der Waals surface area contributed by atoms with Crippen molar-refractivity contribution < 1.29 is 14.0 Å². The molecule has 0 radical (unpaired) electrons. The van der Waals surface area contributed by atoms with Gasteiger partial charge in [0.05, 0.1) is 17.3 Å². The minimum Gasteiger partial charge on any atom is -0.290 e. The van der Waals surface area contributed by atoms with Gasteiger partial charge in [-0.3, -0.25) is 14.5 Å². The molecule has 0 bridgehead atoms. The minimum absolute atomic E-state index is 0.0511. The van der Waals surface area contributed by atoms with Gasteiger partial charge in [0.1, 0.15) is 5.82 Å². The predicted octanol–water partition coefficient (Wildman–Crippen LogP) is 4.14. The topological polar surface area (TPSA) is 37.4 Å². The Hall–Kier alpha value is -3.27. The summed E-state index contributed by atoms with van der Waals surface area (Å²) in [4.78, 5) is 26.4. The molecular formula is C21H14FNO2. The van der Waals surface area contributed by atoms with Gasteiger partial charge in [-0.15, -0.1) is 0 Å². The summed E-state index contributed by atoms with van der Waals surface area (Å²) < 4.78 is 14.5. The maximum Gasteiger partial charge on any atom is 0.300 e. The fourth-order valence-electron chi connectivity index (χ4n) is 3.28. The number of carbonyl (C=O) groups is 2. The van der Waals surface area contributed by atoms with E-state index in [4.69, 9.17) is 0 Å². The second-order valence-corrected chi connectivity index (χ2v) is 5.86. The van der Waals surface area contributed by atoms with Crippen LogP contribution in [0.1, 0.15) is 27.5 Å². The lowest BCUT2D eigenvalue weighted by Gasteiger charge is -2.29. The number of rotatable bonds is 3.